The van der Waals surface area contributed by atoms with Crippen molar-refractivity contribution in [2.45, 2.75) is 32.7 Å². The molecule has 0 spiro atoms. The molecule has 0 aliphatic rings. The summed E-state index contributed by atoms with van der Waals surface area (Å²) in [7, 11) is -3.53. The summed E-state index contributed by atoms with van der Waals surface area (Å²) in [5.74, 6) is -1.08. The molecule has 0 heterocycles. The second kappa shape index (κ2) is 6.68. The van der Waals surface area contributed by atoms with Gasteiger partial charge in [0.05, 0.1) is 12.2 Å². The highest BCUT2D eigenvalue weighted by Crippen LogP contribution is 2.14. The van der Waals surface area contributed by atoms with Crippen molar-refractivity contribution < 1.29 is 18.3 Å². The Hall–Kier alpha value is -1.40. The van der Waals surface area contributed by atoms with Gasteiger partial charge in [-0.25, -0.2) is 13.1 Å². The highest BCUT2D eigenvalue weighted by Gasteiger charge is 2.12. The van der Waals surface area contributed by atoms with Gasteiger partial charge in [-0.3, -0.25) is 4.79 Å². The van der Waals surface area contributed by atoms with E-state index in [0.29, 0.717) is 5.92 Å². The van der Waals surface area contributed by atoms with Crippen LogP contribution >= 0.6 is 0 Å². The molecular weight excluding hydrogens is 266 g/mol. The number of benzene rings is 1. The third-order valence-electron chi connectivity index (χ3n) is 2.73. The molecule has 0 bridgehead atoms. The van der Waals surface area contributed by atoms with Crippen molar-refractivity contribution in [1.82, 2.24) is 4.72 Å². The van der Waals surface area contributed by atoms with Crippen LogP contribution in [0.4, 0.5) is 0 Å². The third-order valence-corrected chi connectivity index (χ3v) is 4.05. The highest BCUT2D eigenvalue weighted by atomic mass is 32.2. The van der Waals surface area contributed by atoms with Crippen molar-refractivity contribution in [3.8, 4) is 0 Å². The average molecular weight is 285 g/mol. The zero-order valence-electron chi connectivity index (χ0n) is 11.1. The van der Waals surface area contributed by atoms with Gasteiger partial charge in [-0.15, -0.1) is 0 Å². The fourth-order valence-electron chi connectivity index (χ4n) is 1.51. The van der Waals surface area contributed by atoms with Gasteiger partial charge in [0.25, 0.3) is 0 Å². The third kappa shape index (κ3) is 5.85. The van der Waals surface area contributed by atoms with Crippen LogP contribution in [0.25, 0.3) is 0 Å². The molecule has 1 aromatic rings. The summed E-state index contributed by atoms with van der Waals surface area (Å²) in [6.45, 7) is 4.35. The molecule has 5 nitrogen and oxygen atoms in total. The zero-order valence-corrected chi connectivity index (χ0v) is 11.9. The number of carbonyl (C=O) groups is 1. The summed E-state index contributed by atoms with van der Waals surface area (Å²) in [5.41, 5.74) is 2.04. The molecule has 1 aromatic carbocycles. The van der Waals surface area contributed by atoms with E-state index < -0.39 is 21.7 Å². The van der Waals surface area contributed by atoms with Crippen molar-refractivity contribution in [2.75, 3.05) is 5.75 Å². The second-order valence-electron chi connectivity index (χ2n) is 4.68. The van der Waals surface area contributed by atoms with Gasteiger partial charge in [0.1, 0.15) is 0 Å². The van der Waals surface area contributed by atoms with Crippen molar-refractivity contribution in [3.63, 3.8) is 0 Å². The average Bonchev–Trinajstić information content (AvgIpc) is 2.35. The lowest BCUT2D eigenvalue weighted by Crippen LogP contribution is -2.27. The number of hydrogen-bond donors (Lipinski definition) is 2. The topological polar surface area (TPSA) is 83.5 Å². The first-order chi connectivity index (χ1) is 8.80. The van der Waals surface area contributed by atoms with E-state index in [4.69, 9.17) is 5.11 Å². The van der Waals surface area contributed by atoms with E-state index in [1.165, 1.54) is 5.56 Å². The lowest BCUT2D eigenvalue weighted by atomic mass is 10.0. The number of rotatable bonds is 7. The fourth-order valence-corrected chi connectivity index (χ4v) is 2.48. The molecule has 0 fully saturated rings. The number of nitrogens with one attached hydrogen (secondary N) is 1. The normalized spacial score (nSPS) is 11.7. The van der Waals surface area contributed by atoms with Crippen LogP contribution in [0.5, 0.6) is 0 Å². The Balaban J connectivity index is 2.54. The molecule has 0 aliphatic carbocycles. The minimum absolute atomic E-state index is 0.181. The minimum atomic E-state index is -3.53. The lowest BCUT2D eigenvalue weighted by molar-refractivity contribution is -0.136. The van der Waals surface area contributed by atoms with Gasteiger partial charge in [0.15, 0.2) is 0 Å². The van der Waals surface area contributed by atoms with Crippen LogP contribution in [0, 0.1) is 0 Å². The van der Waals surface area contributed by atoms with Gasteiger partial charge < -0.3 is 5.11 Å². The molecule has 0 saturated carbocycles. The summed E-state index contributed by atoms with van der Waals surface area (Å²) in [6.07, 6.45) is -0.387. The van der Waals surface area contributed by atoms with E-state index >= 15 is 0 Å². The van der Waals surface area contributed by atoms with Gasteiger partial charge in [0, 0.05) is 6.54 Å². The summed E-state index contributed by atoms with van der Waals surface area (Å²) < 4.78 is 25.4. The molecular formula is C13H19NO4S. The molecule has 0 aromatic heterocycles. The first-order valence-electron chi connectivity index (χ1n) is 6.08. The maximum absolute atomic E-state index is 11.5. The van der Waals surface area contributed by atoms with E-state index in [2.05, 4.69) is 18.6 Å². The van der Waals surface area contributed by atoms with Crippen LogP contribution in [0.15, 0.2) is 24.3 Å². The first kappa shape index (κ1) is 15.7. The molecule has 6 heteroatoms. The van der Waals surface area contributed by atoms with Crippen molar-refractivity contribution in [1.29, 1.82) is 0 Å². The van der Waals surface area contributed by atoms with Crippen molar-refractivity contribution in [2.24, 2.45) is 0 Å². The van der Waals surface area contributed by atoms with Crippen LogP contribution in [0.3, 0.4) is 0 Å². The molecule has 106 valence electrons. The molecule has 1 rings (SSSR count). The number of carboxylic acids is 1. The lowest BCUT2D eigenvalue weighted by Gasteiger charge is -2.08. The Morgan fingerprint density at radius 1 is 1.26 bits per heavy atom. The minimum Gasteiger partial charge on any atom is -0.481 e. The van der Waals surface area contributed by atoms with Crippen molar-refractivity contribution >= 4 is 16.0 Å². The number of carboxylic acid groups (broad SMARTS) is 1. The Kier molecular flexibility index (Phi) is 5.50. The number of aliphatic carboxylic acids is 1. The Morgan fingerprint density at radius 3 is 2.32 bits per heavy atom. The predicted molar refractivity (Wildman–Crippen MR) is 73.4 cm³/mol. The smallest absolute Gasteiger partial charge is 0.304 e. The quantitative estimate of drug-likeness (QED) is 0.798. The molecule has 0 radical (unpaired) electrons. The zero-order chi connectivity index (χ0) is 14.5. The van der Waals surface area contributed by atoms with Gasteiger partial charge in [0.2, 0.25) is 10.0 Å². The maximum atomic E-state index is 11.5. The van der Waals surface area contributed by atoms with Crippen LogP contribution in [-0.4, -0.2) is 25.2 Å². The Morgan fingerprint density at radius 2 is 1.84 bits per heavy atom. The van der Waals surface area contributed by atoms with Crippen LogP contribution in [0.2, 0.25) is 0 Å². The maximum Gasteiger partial charge on any atom is 0.304 e. The highest BCUT2D eigenvalue weighted by molar-refractivity contribution is 7.89. The van der Waals surface area contributed by atoms with E-state index in [1.807, 2.05) is 24.3 Å². The SMILES string of the molecule is CC(C)c1ccc(CNS(=O)(=O)CCC(=O)O)cc1. The number of sulfonamides is 1. The standard InChI is InChI=1S/C13H19NO4S/c1-10(2)12-5-3-11(4-6-12)9-14-19(17,18)8-7-13(15)16/h3-6,10,14H,7-9H2,1-2H3,(H,15,16). The van der Waals surface area contributed by atoms with Gasteiger partial charge >= 0.3 is 5.97 Å². The van der Waals surface area contributed by atoms with E-state index in [1.54, 1.807) is 0 Å². The van der Waals surface area contributed by atoms with Gasteiger partial charge in [-0.2, -0.15) is 0 Å². The van der Waals surface area contributed by atoms with Crippen LogP contribution in [-0.2, 0) is 21.4 Å². The molecule has 0 saturated heterocycles. The predicted octanol–water partition coefficient (Wildman–Crippen LogP) is 1.70. The first-order valence-corrected chi connectivity index (χ1v) is 7.73. The van der Waals surface area contributed by atoms with E-state index in [-0.39, 0.29) is 13.0 Å². The van der Waals surface area contributed by atoms with E-state index in [0.717, 1.165) is 5.56 Å². The summed E-state index contributed by atoms with van der Waals surface area (Å²) in [6, 6.07) is 7.67. The molecule has 0 aliphatic heterocycles. The number of hydrogen-bond acceptors (Lipinski definition) is 3. The summed E-state index contributed by atoms with van der Waals surface area (Å²) in [5, 5.41) is 8.45. The Labute approximate surface area is 113 Å². The molecule has 19 heavy (non-hydrogen) atoms. The van der Waals surface area contributed by atoms with E-state index in [9.17, 15) is 13.2 Å². The van der Waals surface area contributed by atoms with Crippen LogP contribution in [0.1, 0.15) is 37.3 Å². The van der Waals surface area contributed by atoms with Gasteiger partial charge in [-0.1, -0.05) is 38.1 Å². The second-order valence-corrected chi connectivity index (χ2v) is 6.61. The Bertz CT molecular complexity index is 520. The monoisotopic (exact) mass is 285 g/mol. The largest absolute Gasteiger partial charge is 0.481 e. The molecule has 0 unspecified atom stereocenters. The van der Waals surface area contributed by atoms with Gasteiger partial charge in [-0.05, 0) is 17.0 Å². The molecule has 0 amide bonds. The molecule has 0 atom stereocenters. The van der Waals surface area contributed by atoms with Crippen molar-refractivity contribution in [3.05, 3.63) is 35.4 Å². The van der Waals surface area contributed by atoms with Crippen LogP contribution < -0.4 is 4.72 Å². The molecule has 2 N–H and O–H groups in total. The summed E-state index contributed by atoms with van der Waals surface area (Å²) >= 11 is 0. The fraction of sp³-hybridized carbons (Fsp3) is 0.462. The summed E-state index contributed by atoms with van der Waals surface area (Å²) in [4.78, 5) is 10.3.